The van der Waals surface area contributed by atoms with E-state index in [0.717, 1.165) is 45.5 Å². The largest absolute Gasteiger partial charge is 0.378 e. The first-order valence-corrected chi connectivity index (χ1v) is 5.60. The van der Waals surface area contributed by atoms with Crippen molar-refractivity contribution in [2.75, 3.05) is 19.7 Å². The van der Waals surface area contributed by atoms with E-state index in [-0.39, 0.29) is 0 Å². The molecule has 84 valence electrons. The van der Waals surface area contributed by atoms with E-state index in [1.54, 1.807) is 12.7 Å². The highest BCUT2D eigenvalue weighted by atomic mass is 16.5. The molecule has 1 fully saturated rings. The summed E-state index contributed by atoms with van der Waals surface area (Å²) < 4.78 is 7.77. The lowest BCUT2D eigenvalue weighted by molar-refractivity contribution is 0.0301. The molecule has 0 radical (unpaired) electrons. The van der Waals surface area contributed by atoms with Crippen molar-refractivity contribution in [1.82, 2.24) is 20.1 Å². The van der Waals surface area contributed by atoms with Crippen molar-refractivity contribution in [3.05, 3.63) is 12.7 Å². The first-order valence-electron chi connectivity index (χ1n) is 5.60. The van der Waals surface area contributed by atoms with Crippen molar-refractivity contribution in [2.45, 2.75) is 31.9 Å². The Bertz CT molecular complexity index is 256. The molecule has 0 atom stereocenters. The van der Waals surface area contributed by atoms with Crippen LogP contribution in [0.15, 0.2) is 12.7 Å². The number of aromatic nitrogens is 3. The molecule has 1 N–H and O–H groups in total. The molecule has 0 unspecified atom stereocenters. The zero-order valence-electron chi connectivity index (χ0n) is 8.93. The second-order valence-corrected chi connectivity index (χ2v) is 3.87. The van der Waals surface area contributed by atoms with Gasteiger partial charge in [0.15, 0.2) is 0 Å². The van der Waals surface area contributed by atoms with Gasteiger partial charge in [0, 0.05) is 13.2 Å². The Morgan fingerprint density at radius 3 is 2.73 bits per heavy atom. The van der Waals surface area contributed by atoms with Crippen LogP contribution in [0.2, 0.25) is 0 Å². The third-order valence-electron chi connectivity index (χ3n) is 2.67. The Kier molecular flexibility index (Phi) is 4.11. The molecule has 15 heavy (non-hydrogen) atoms. The molecule has 1 saturated heterocycles. The Labute approximate surface area is 89.8 Å². The molecule has 0 aromatic carbocycles. The van der Waals surface area contributed by atoms with E-state index in [2.05, 4.69) is 15.5 Å². The second kappa shape index (κ2) is 5.82. The highest BCUT2D eigenvalue weighted by Crippen LogP contribution is 2.07. The Morgan fingerprint density at radius 1 is 1.27 bits per heavy atom. The van der Waals surface area contributed by atoms with Crippen LogP contribution >= 0.6 is 0 Å². The molecule has 5 nitrogen and oxygen atoms in total. The molecule has 0 spiro atoms. The lowest BCUT2D eigenvalue weighted by atomic mass is 10.1. The summed E-state index contributed by atoms with van der Waals surface area (Å²) in [4.78, 5) is 0. The predicted octanol–water partition coefficient (Wildman–Crippen LogP) is 0.437. The molecule has 1 aliphatic heterocycles. The summed E-state index contributed by atoms with van der Waals surface area (Å²) in [5.74, 6) is 0. The maximum Gasteiger partial charge on any atom is 0.119 e. The highest BCUT2D eigenvalue weighted by Gasteiger charge is 2.12. The maximum atomic E-state index is 5.79. The average Bonchev–Trinajstić information content (AvgIpc) is 2.79. The summed E-state index contributed by atoms with van der Waals surface area (Å²) in [7, 11) is 0. The van der Waals surface area contributed by atoms with Gasteiger partial charge in [-0.15, -0.1) is 10.2 Å². The zero-order valence-corrected chi connectivity index (χ0v) is 8.93. The van der Waals surface area contributed by atoms with E-state index in [1.165, 1.54) is 0 Å². The highest BCUT2D eigenvalue weighted by molar-refractivity contribution is 4.68. The van der Waals surface area contributed by atoms with Crippen molar-refractivity contribution in [3.8, 4) is 0 Å². The summed E-state index contributed by atoms with van der Waals surface area (Å²) in [6.07, 6.45) is 7.27. The van der Waals surface area contributed by atoms with Gasteiger partial charge in [0.25, 0.3) is 0 Å². The minimum atomic E-state index is 0.465. The smallest absolute Gasteiger partial charge is 0.119 e. The van der Waals surface area contributed by atoms with E-state index in [1.807, 2.05) is 4.57 Å². The Balaban J connectivity index is 1.54. The van der Waals surface area contributed by atoms with E-state index in [9.17, 15) is 0 Å². The SMILES string of the molecule is c1nncn1CCCOC1CCNCC1. The minimum Gasteiger partial charge on any atom is -0.378 e. The van der Waals surface area contributed by atoms with Crippen LogP contribution in [0.25, 0.3) is 0 Å². The van der Waals surface area contributed by atoms with Crippen molar-refractivity contribution in [2.24, 2.45) is 0 Å². The third kappa shape index (κ3) is 3.60. The molecule has 5 heteroatoms. The molecule has 0 aliphatic carbocycles. The lowest BCUT2D eigenvalue weighted by Gasteiger charge is -2.22. The minimum absolute atomic E-state index is 0.465. The fourth-order valence-corrected chi connectivity index (χ4v) is 1.80. The quantitative estimate of drug-likeness (QED) is 0.716. The summed E-state index contributed by atoms with van der Waals surface area (Å²) >= 11 is 0. The van der Waals surface area contributed by atoms with Gasteiger partial charge >= 0.3 is 0 Å². The molecule has 0 bridgehead atoms. The molecular formula is C10H18N4O. The lowest BCUT2D eigenvalue weighted by Crippen LogP contribution is -2.32. The van der Waals surface area contributed by atoms with Crippen LogP contribution in [0, 0.1) is 0 Å². The van der Waals surface area contributed by atoms with Gasteiger partial charge in [-0.2, -0.15) is 0 Å². The van der Waals surface area contributed by atoms with Gasteiger partial charge in [0.1, 0.15) is 12.7 Å². The van der Waals surface area contributed by atoms with Crippen molar-refractivity contribution in [1.29, 1.82) is 0 Å². The van der Waals surface area contributed by atoms with Gasteiger partial charge < -0.3 is 14.6 Å². The summed E-state index contributed by atoms with van der Waals surface area (Å²) in [5, 5.41) is 10.8. The van der Waals surface area contributed by atoms with E-state index in [4.69, 9.17) is 4.74 Å². The topological polar surface area (TPSA) is 52.0 Å². The van der Waals surface area contributed by atoms with Gasteiger partial charge in [0.05, 0.1) is 6.10 Å². The van der Waals surface area contributed by atoms with Crippen LogP contribution in [0.3, 0.4) is 0 Å². The molecular weight excluding hydrogens is 192 g/mol. The summed E-state index contributed by atoms with van der Waals surface area (Å²) in [6, 6.07) is 0. The van der Waals surface area contributed by atoms with Crippen LogP contribution < -0.4 is 5.32 Å². The molecule has 1 aromatic heterocycles. The molecule has 2 heterocycles. The van der Waals surface area contributed by atoms with Gasteiger partial charge in [-0.05, 0) is 32.4 Å². The molecule has 0 saturated carbocycles. The summed E-state index contributed by atoms with van der Waals surface area (Å²) in [6.45, 7) is 3.97. The second-order valence-electron chi connectivity index (χ2n) is 3.87. The van der Waals surface area contributed by atoms with Gasteiger partial charge in [-0.3, -0.25) is 0 Å². The predicted molar refractivity (Wildman–Crippen MR) is 56.5 cm³/mol. The normalized spacial score (nSPS) is 18.1. The van der Waals surface area contributed by atoms with Crippen LogP contribution in [0.5, 0.6) is 0 Å². The van der Waals surface area contributed by atoms with Crippen molar-refractivity contribution < 1.29 is 4.74 Å². The van der Waals surface area contributed by atoms with Gasteiger partial charge in [-0.25, -0.2) is 0 Å². The molecule has 1 aromatic rings. The fourth-order valence-electron chi connectivity index (χ4n) is 1.80. The van der Waals surface area contributed by atoms with E-state index < -0.39 is 0 Å². The number of aryl methyl sites for hydroxylation is 1. The van der Waals surface area contributed by atoms with Crippen molar-refractivity contribution >= 4 is 0 Å². The first-order chi connectivity index (χ1) is 7.45. The third-order valence-corrected chi connectivity index (χ3v) is 2.67. The fraction of sp³-hybridized carbons (Fsp3) is 0.800. The van der Waals surface area contributed by atoms with E-state index in [0.29, 0.717) is 6.10 Å². The number of ether oxygens (including phenoxy) is 1. The molecule has 1 aliphatic rings. The number of hydrogen-bond acceptors (Lipinski definition) is 4. The van der Waals surface area contributed by atoms with Gasteiger partial charge in [-0.1, -0.05) is 0 Å². The van der Waals surface area contributed by atoms with E-state index >= 15 is 0 Å². The zero-order chi connectivity index (χ0) is 10.3. The van der Waals surface area contributed by atoms with Crippen LogP contribution in [-0.4, -0.2) is 40.6 Å². The number of hydrogen-bond donors (Lipinski definition) is 1. The monoisotopic (exact) mass is 210 g/mol. The maximum absolute atomic E-state index is 5.79. The first kappa shape index (κ1) is 10.6. The Hall–Kier alpha value is -0.940. The van der Waals surface area contributed by atoms with Crippen LogP contribution in [0.4, 0.5) is 0 Å². The average molecular weight is 210 g/mol. The van der Waals surface area contributed by atoms with Crippen LogP contribution in [0.1, 0.15) is 19.3 Å². The number of nitrogens with one attached hydrogen (secondary N) is 1. The number of nitrogens with zero attached hydrogens (tertiary/aromatic N) is 3. The standard InChI is InChI=1S/C10H18N4O/c1(6-14-8-12-13-9-14)7-15-10-2-4-11-5-3-10/h8-11H,1-7H2. The van der Waals surface area contributed by atoms with Gasteiger partial charge in [0.2, 0.25) is 0 Å². The summed E-state index contributed by atoms with van der Waals surface area (Å²) in [5.41, 5.74) is 0. The van der Waals surface area contributed by atoms with Crippen molar-refractivity contribution in [3.63, 3.8) is 0 Å². The Morgan fingerprint density at radius 2 is 2.00 bits per heavy atom. The van der Waals surface area contributed by atoms with Crippen LogP contribution in [-0.2, 0) is 11.3 Å². The number of rotatable bonds is 5. The number of piperidine rings is 1. The molecule has 2 rings (SSSR count). The molecule has 0 amide bonds.